The Bertz CT molecular complexity index is 281. The first-order valence-corrected chi connectivity index (χ1v) is 4.33. The molecule has 1 aromatic heterocycles. The molecule has 0 aliphatic rings. The molecule has 0 N–H and O–H groups in total. The molecule has 1 nitrogen and oxygen atoms in total. The van der Waals surface area contributed by atoms with Gasteiger partial charge in [0.25, 0.3) is 0 Å². The summed E-state index contributed by atoms with van der Waals surface area (Å²) in [5, 5.41) is 0. The van der Waals surface area contributed by atoms with Gasteiger partial charge in [0.1, 0.15) is 5.82 Å². The molecule has 1 rings (SSSR count). The third-order valence-corrected chi connectivity index (χ3v) is 2.10. The summed E-state index contributed by atoms with van der Waals surface area (Å²) in [5.74, 6) is -0.111. The van der Waals surface area contributed by atoms with Crippen molar-refractivity contribution in [3.05, 3.63) is 28.8 Å². The second-order valence-electron chi connectivity index (χ2n) is 2.89. The highest BCUT2D eigenvalue weighted by Crippen LogP contribution is 2.15. The van der Waals surface area contributed by atoms with Crippen LogP contribution in [0.25, 0.3) is 0 Å². The third kappa shape index (κ3) is 1.47. The summed E-state index contributed by atoms with van der Waals surface area (Å²) in [6.07, 6.45) is 3.16. The number of rotatable bonds is 2. The van der Waals surface area contributed by atoms with Crippen molar-refractivity contribution in [3.8, 4) is 0 Å². The number of hydrogen-bond acceptors (Lipinski definition) is 1. The first kappa shape index (κ1) is 9.17. The summed E-state index contributed by atoms with van der Waals surface area (Å²) in [4.78, 5) is 4.03. The maximum Gasteiger partial charge on any atom is 0.148 e. The van der Waals surface area contributed by atoms with Crippen LogP contribution in [0.5, 0.6) is 0 Å². The van der Waals surface area contributed by atoms with Crippen LogP contribution in [-0.2, 0) is 12.8 Å². The molecule has 0 bridgehead atoms. The van der Waals surface area contributed by atoms with Crippen LogP contribution in [0.2, 0.25) is 0 Å². The molecule has 0 saturated carbocycles. The van der Waals surface area contributed by atoms with Crippen molar-refractivity contribution in [2.24, 2.45) is 0 Å². The lowest BCUT2D eigenvalue weighted by Gasteiger charge is -2.06. The fourth-order valence-corrected chi connectivity index (χ4v) is 1.34. The van der Waals surface area contributed by atoms with E-state index in [0.717, 1.165) is 17.5 Å². The average molecular weight is 167 g/mol. The van der Waals surface area contributed by atoms with E-state index in [-0.39, 0.29) is 5.82 Å². The third-order valence-electron chi connectivity index (χ3n) is 2.10. The van der Waals surface area contributed by atoms with Crippen LogP contribution in [0.4, 0.5) is 4.39 Å². The molecule has 1 heterocycles. The predicted molar refractivity (Wildman–Crippen MR) is 47.7 cm³/mol. The molecule has 0 aromatic carbocycles. The van der Waals surface area contributed by atoms with Gasteiger partial charge in [0, 0.05) is 6.20 Å². The van der Waals surface area contributed by atoms with Crippen LogP contribution < -0.4 is 0 Å². The Balaban J connectivity index is 3.24. The summed E-state index contributed by atoms with van der Waals surface area (Å²) in [7, 11) is 0. The number of hydrogen-bond donors (Lipinski definition) is 0. The van der Waals surface area contributed by atoms with Gasteiger partial charge in [-0.3, -0.25) is 4.98 Å². The second kappa shape index (κ2) is 3.65. The average Bonchev–Trinajstić information content (AvgIpc) is 2.06. The van der Waals surface area contributed by atoms with Crippen LogP contribution >= 0.6 is 0 Å². The Labute approximate surface area is 72.6 Å². The SMILES string of the molecule is CCc1ncc(C)c(CC)c1F. The smallest absolute Gasteiger partial charge is 0.148 e. The van der Waals surface area contributed by atoms with Crippen LogP contribution in [-0.4, -0.2) is 4.98 Å². The quantitative estimate of drug-likeness (QED) is 0.660. The highest BCUT2D eigenvalue weighted by molar-refractivity contribution is 5.27. The van der Waals surface area contributed by atoms with E-state index in [9.17, 15) is 4.39 Å². The molecule has 1 aromatic rings. The minimum Gasteiger partial charge on any atom is -0.258 e. The lowest BCUT2D eigenvalue weighted by molar-refractivity contribution is 0.584. The zero-order valence-electron chi connectivity index (χ0n) is 7.82. The summed E-state index contributed by atoms with van der Waals surface area (Å²) in [6, 6.07) is 0. The summed E-state index contributed by atoms with van der Waals surface area (Å²) in [5.41, 5.74) is 2.34. The van der Waals surface area contributed by atoms with E-state index in [2.05, 4.69) is 4.98 Å². The van der Waals surface area contributed by atoms with Gasteiger partial charge in [-0.2, -0.15) is 0 Å². The fourth-order valence-electron chi connectivity index (χ4n) is 1.34. The van der Waals surface area contributed by atoms with Gasteiger partial charge in [-0.25, -0.2) is 4.39 Å². The van der Waals surface area contributed by atoms with Crippen LogP contribution in [0.3, 0.4) is 0 Å². The van der Waals surface area contributed by atoms with E-state index in [1.807, 2.05) is 20.8 Å². The minimum absolute atomic E-state index is 0.111. The molecule has 2 heteroatoms. The molecule has 12 heavy (non-hydrogen) atoms. The lowest BCUT2D eigenvalue weighted by Crippen LogP contribution is -2.00. The number of aromatic nitrogens is 1. The largest absolute Gasteiger partial charge is 0.258 e. The molecular formula is C10H14FN. The molecule has 0 aliphatic heterocycles. The molecule has 0 atom stereocenters. The maximum atomic E-state index is 13.5. The lowest BCUT2D eigenvalue weighted by atomic mass is 10.1. The number of pyridine rings is 1. The van der Waals surface area contributed by atoms with Crippen LogP contribution in [0.1, 0.15) is 30.7 Å². The van der Waals surface area contributed by atoms with Gasteiger partial charge in [-0.05, 0) is 30.9 Å². The Morgan fingerprint density at radius 2 is 2.00 bits per heavy atom. The summed E-state index contributed by atoms with van der Waals surface area (Å²) >= 11 is 0. The monoisotopic (exact) mass is 167 g/mol. The normalized spacial score (nSPS) is 10.3. The van der Waals surface area contributed by atoms with E-state index >= 15 is 0 Å². The maximum absolute atomic E-state index is 13.5. The summed E-state index contributed by atoms with van der Waals surface area (Å²) < 4.78 is 13.5. The molecule has 0 radical (unpaired) electrons. The van der Waals surface area contributed by atoms with E-state index < -0.39 is 0 Å². The standard InChI is InChI=1S/C10H14FN/c1-4-8-7(3)6-12-9(5-2)10(8)11/h6H,4-5H2,1-3H3. The Morgan fingerprint density at radius 1 is 1.33 bits per heavy atom. The first-order valence-electron chi connectivity index (χ1n) is 4.33. The Morgan fingerprint density at radius 3 is 2.50 bits per heavy atom. The second-order valence-corrected chi connectivity index (χ2v) is 2.89. The fraction of sp³-hybridized carbons (Fsp3) is 0.500. The molecule has 0 fully saturated rings. The van der Waals surface area contributed by atoms with Crippen molar-refractivity contribution in [1.82, 2.24) is 4.98 Å². The molecule has 0 unspecified atom stereocenters. The zero-order valence-corrected chi connectivity index (χ0v) is 7.82. The van der Waals surface area contributed by atoms with Gasteiger partial charge >= 0.3 is 0 Å². The van der Waals surface area contributed by atoms with Crippen molar-refractivity contribution in [2.75, 3.05) is 0 Å². The van der Waals surface area contributed by atoms with Crippen molar-refractivity contribution in [2.45, 2.75) is 33.6 Å². The molecule has 0 aliphatic carbocycles. The van der Waals surface area contributed by atoms with E-state index in [1.54, 1.807) is 6.20 Å². The molecule has 66 valence electrons. The molecule has 0 amide bonds. The van der Waals surface area contributed by atoms with Gasteiger partial charge in [0.15, 0.2) is 0 Å². The number of nitrogens with zero attached hydrogens (tertiary/aromatic N) is 1. The van der Waals surface area contributed by atoms with Gasteiger partial charge in [0.05, 0.1) is 5.69 Å². The molecule has 0 saturated heterocycles. The Kier molecular flexibility index (Phi) is 2.79. The van der Waals surface area contributed by atoms with Crippen molar-refractivity contribution < 1.29 is 4.39 Å². The van der Waals surface area contributed by atoms with E-state index in [0.29, 0.717) is 12.1 Å². The van der Waals surface area contributed by atoms with Crippen LogP contribution in [0, 0.1) is 12.7 Å². The van der Waals surface area contributed by atoms with Crippen molar-refractivity contribution in [3.63, 3.8) is 0 Å². The highest BCUT2D eigenvalue weighted by Gasteiger charge is 2.08. The van der Waals surface area contributed by atoms with E-state index in [4.69, 9.17) is 0 Å². The number of halogens is 1. The van der Waals surface area contributed by atoms with E-state index in [1.165, 1.54) is 0 Å². The Hall–Kier alpha value is -0.920. The van der Waals surface area contributed by atoms with Crippen molar-refractivity contribution >= 4 is 0 Å². The zero-order chi connectivity index (χ0) is 9.14. The topological polar surface area (TPSA) is 12.9 Å². The van der Waals surface area contributed by atoms with Gasteiger partial charge in [-0.15, -0.1) is 0 Å². The van der Waals surface area contributed by atoms with Gasteiger partial charge in [0.2, 0.25) is 0 Å². The van der Waals surface area contributed by atoms with Crippen molar-refractivity contribution in [1.29, 1.82) is 0 Å². The summed E-state index contributed by atoms with van der Waals surface area (Å²) in [6.45, 7) is 5.78. The van der Waals surface area contributed by atoms with Gasteiger partial charge < -0.3 is 0 Å². The van der Waals surface area contributed by atoms with Gasteiger partial charge in [-0.1, -0.05) is 13.8 Å². The minimum atomic E-state index is -0.111. The molecular weight excluding hydrogens is 153 g/mol. The van der Waals surface area contributed by atoms with Crippen LogP contribution in [0.15, 0.2) is 6.20 Å². The molecule has 0 spiro atoms. The number of aryl methyl sites for hydroxylation is 2. The first-order chi connectivity index (χ1) is 5.70. The predicted octanol–water partition coefficient (Wildman–Crippen LogP) is 2.65. The highest BCUT2D eigenvalue weighted by atomic mass is 19.1.